The first-order chi connectivity index (χ1) is 8.79. The van der Waals surface area contributed by atoms with Gasteiger partial charge in [-0.2, -0.15) is 0 Å². The highest BCUT2D eigenvalue weighted by Crippen LogP contribution is 2.11. The van der Waals surface area contributed by atoms with E-state index >= 15 is 0 Å². The molecular formula is C11H16FN3O3S. The molecule has 0 aromatic heterocycles. The third kappa shape index (κ3) is 5.66. The molecular weight excluding hydrogens is 273 g/mol. The van der Waals surface area contributed by atoms with Crippen LogP contribution in [0.4, 0.5) is 10.1 Å². The molecule has 0 fully saturated rings. The third-order valence-corrected chi connectivity index (χ3v) is 2.99. The molecule has 1 aromatic carbocycles. The monoisotopic (exact) mass is 289 g/mol. The molecule has 0 atom stereocenters. The number of nitrogens with two attached hydrogens (primary N) is 1. The van der Waals surface area contributed by atoms with Crippen molar-refractivity contribution in [2.75, 3.05) is 25.1 Å². The largest absolute Gasteiger partial charge is 0.396 e. The molecule has 6 nitrogen and oxygen atoms in total. The Morgan fingerprint density at radius 3 is 2.63 bits per heavy atom. The normalized spacial score (nSPS) is 11.3. The number of hydrogen-bond acceptors (Lipinski definition) is 4. The van der Waals surface area contributed by atoms with E-state index in [9.17, 15) is 17.6 Å². The number of nitrogen functional groups attached to an aromatic ring is 1. The molecule has 0 heterocycles. The summed E-state index contributed by atoms with van der Waals surface area (Å²) in [6, 6.07) is 3.70. The van der Waals surface area contributed by atoms with Crippen molar-refractivity contribution in [3.05, 3.63) is 29.6 Å². The van der Waals surface area contributed by atoms with Crippen LogP contribution in [0, 0.1) is 5.82 Å². The first-order valence-corrected chi connectivity index (χ1v) is 7.46. The van der Waals surface area contributed by atoms with Gasteiger partial charge in [0.1, 0.15) is 5.82 Å². The van der Waals surface area contributed by atoms with E-state index in [1.165, 1.54) is 12.1 Å². The molecule has 19 heavy (non-hydrogen) atoms. The molecule has 1 amide bonds. The predicted octanol–water partition coefficient (Wildman–Crippen LogP) is 0.0770. The molecule has 0 saturated heterocycles. The van der Waals surface area contributed by atoms with Crippen molar-refractivity contribution < 1.29 is 17.6 Å². The number of anilines is 1. The number of carbonyl (C=O) groups is 1. The summed E-state index contributed by atoms with van der Waals surface area (Å²) in [5.74, 6) is -0.958. The van der Waals surface area contributed by atoms with Gasteiger partial charge in [-0.3, -0.25) is 4.79 Å². The molecule has 0 radical (unpaired) electrons. The predicted molar refractivity (Wildman–Crippen MR) is 70.6 cm³/mol. The summed E-state index contributed by atoms with van der Waals surface area (Å²) in [5.41, 5.74) is 5.52. The Morgan fingerprint density at radius 2 is 2.05 bits per heavy atom. The number of halogens is 1. The molecule has 1 aromatic rings. The Balaban J connectivity index is 2.37. The number of sulfonamides is 1. The number of rotatable bonds is 6. The molecule has 0 spiro atoms. The Bertz CT molecular complexity index is 560. The maximum absolute atomic E-state index is 12.9. The summed E-state index contributed by atoms with van der Waals surface area (Å²) in [6.45, 7) is 0.545. The average Bonchev–Trinajstić information content (AvgIpc) is 2.30. The van der Waals surface area contributed by atoms with Gasteiger partial charge in [-0.15, -0.1) is 0 Å². The van der Waals surface area contributed by atoms with Crippen LogP contribution in [0.25, 0.3) is 0 Å². The number of hydrogen-bond donors (Lipinski definition) is 3. The van der Waals surface area contributed by atoms with Crippen LogP contribution in [0.5, 0.6) is 0 Å². The van der Waals surface area contributed by atoms with Crippen molar-refractivity contribution in [2.24, 2.45) is 0 Å². The molecule has 1 rings (SSSR count). The number of amides is 1. The lowest BCUT2D eigenvalue weighted by molar-refractivity contribution is 0.0953. The van der Waals surface area contributed by atoms with E-state index in [1.54, 1.807) is 0 Å². The summed E-state index contributed by atoms with van der Waals surface area (Å²) >= 11 is 0. The Hall–Kier alpha value is -1.67. The minimum atomic E-state index is -3.21. The van der Waals surface area contributed by atoms with Crippen molar-refractivity contribution >= 4 is 21.6 Å². The van der Waals surface area contributed by atoms with E-state index < -0.39 is 15.8 Å². The van der Waals surface area contributed by atoms with E-state index in [1.807, 2.05) is 0 Å². The van der Waals surface area contributed by atoms with Crippen molar-refractivity contribution in [2.45, 2.75) is 6.42 Å². The maximum Gasteiger partial charge on any atom is 0.251 e. The molecule has 8 heteroatoms. The summed E-state index contributed by atoms with van der Waals surface area (Å²) in [4.78, 5) is 11.6. The fourth-order valence-electron chi connectivity index (χ4n) is 1.33. The van der Waals surface area contributed by atoms with Gasteiger partial charge >= 0.3 is 0 Å². The quantitative estimate of drug-likeness (QED) is 0.510. The SMILES string of the molecule is CS(=O)(=O)NCCCNC(=O)c1ccc(F)c(N)c1. The molecule has 0 saturated carbocycles. The van der Waals surface area contributed by atoms with Crippen molar-refractivity contribution in [3.8, 4) is 0 Å². The van der Waals surface area contributed by atoms with Gasteiger partial charge in [0.25, 0.3) is 5.91 Å². The highest BCUT2D eigenvalue weighted by Gasteiger charge is 2.07. The van der Waals surface area contributed by atoms with E-state index in [0.29, 0.717) is 13.0 Å². The van der Waals surface area contributed by atoms with Gasteiger partial charge < -0.3 is 11.1 Å². The number of nitrogens with one attached hydrogen (secondary N) is 2. The standard InChI is InChI=1S/C11H16FN3O3S/c1-19(17,18)15-6-2-5-14-11(16)8-3-4-9(12)10(13)7-8/h3-4,7,15H,2,5-6,13H2,1H3,(H,14,16). The van der Waals surface area contributed by atoms with Gasteiger partial charge in [-0.1, -0.05) is 0 Å². The minimum Gasteiger partial charge on any atom is -0.396 e. The molecule has 0 aliphatic rings. The van der Waals surface area contributed by atoms with E-state index in [2.05, 4.69) is 10.0 Å². The van der Waals surface area contributed by atoms with Crippen molar-refractivity contribution in [3.63, 3.8) is 0 Å². The molecule has 0 bridgehead atoms. The van der Waals surface area contributed by atoms with Crippen LogP contribution in [0.3, 0.4) is 0 Å². The highest BCUT2D eigenvalue weighted by atomic mass is 32.2. The summed E-state index contributed by atoms with van der Waals surface area (Å²) in [7, 11) is -3.21. The van der Waals surface area contributed by atoms with Crippen LogP contribution in [0.1, 0.15) is 16.8 Å². The van der Waals surface area contributed by atoms with Crippen molar-refractivity contribution in [1.82, 2.24) is 10.0 Å². The Morgan fingerprint density at radius 1 is 1.37 bits per heavy atom. The Labute approximate surface area is 111 Å². The van der Waals surface area contributed by atoms with Crippen LogP contribution < -0.4 is 15.8 Å². The Kier molecular flexibility index (Phi) is 5.25. The van der Waals surface area contributed by atoms with Crippen LogP contribution in [-0.2, 0) is 10.0 Å². The summed E-state index contributed by atoms with van der Waals surface area (Å²) < 4.78 is 36.8. The zero-order chi connectivity index (χ0) is 14.5. The van der Waals surface area contributed by atoms with Gasteiger partial charge in [0.05, 0.1) is 11.9 Å². The highest BCUT2D eigenvalue weighted by molar-refractivity contribution is 7.88. The molecule has 4 N–H and O–H groups in total. The van der Waals surface area contributed by atoms with Crippen LogP contribution >= 0.6 is 0 Å². The first-order valence-electron chi connectivity index (χ1n) is 5.57. The van der Waals surface area contributed by atoms with Crippen LogP contribution in [0.15, 0.2) is 18.2 Å². The topological polar surface area (TPSA) is 101 Å². The van der Waals surface area contributed by atoms with Crippen molar-refractivity contribution in [1.29, 1.82) is 0 Å². The van der Waals surface area contributed by atoms with Crippen LogP contribution in [-0.4, -0.2) is 33.7 Å². The zero-order valence-corrected chi connectivity index (χ0v) is 11.3. The fourth-order valence-corrected chi connectivity index (χ4v) is 1.85. The lowest BCUT2D eigenvalue weighted by Gasteiger charge is -2.06. The fraction of sp³-hybridized carbons (Fsp3) is 0.364. The minimum absolute atomic E-state index is 0.0913. The molecule has 0 aliphatic carbocycles. The van der Waals surface area contributed by atoms with Gasteiger partial charge in [-0.25, -0.2) is 17.5 Å². The second-order valence-corrected chi connectivity index (χ2v) is 5.85. The van der Waals surface area contributed by atoms with Crippen LogP contribution in [0.2, 0.25) is 0 Å². The first kappa shape index (κ1) is 15.4. The number of carbonyl (C=O) groups excluding carboxylic acids is 1. The summed E-state index contributed by atoms with van der Waals surface area (Å²) in [5, 5.41) is 2.58. The molecule has 106 valence electrons. The lowest BCUT2D eigenvalue weighted by Crippen LogP contribution is -2.29. The summed E-state index contributed by atoms with van der Waals surface area (Å²) in [6.07, 6.45) is 1.52. The molecule has 0 unspecified atom stereocenters. The lowest BCUT2D eigenvalue weighted by atomic mass is 10.2. The smallest absolute Gasteiger partial charge is 0.251 e. The third-order valence-electron chi connectivity index (χ3n) is 2.26. The number of benzene rings is 1. The van der Waals surface area contributed by atoms with E-state index in [-0.39, 0.29) is 23.7 Å². The van der Waals surface area contributed by atoms with Gasteiger partial charge in [0, 0.05) is 18.7 Å². The molecule has 0 aliphatic heterocycles. The average molecular weight is 289 g/mol. The maximum atomic E-state index is 12.9. The van der Waals surface area contributed by atoms with Gasteiger partial charge in [-0.05, 0) is 24.6 Å². The van der Waals surface area contributed by atoms with E-state index in [4.69, 9.17) is 5.73 Å². The van der Waals surface area contributed by atoms with Gasteiger partial charge in [0.15, 0.2) is 0 Å². The zero-order valence-electron chi connectivity index (χ0n) is 10.4. The second-order valence-electron chi connectivity index (χ2n) is 4.01. The second kappa shape index (κ2) is 6.48. The van der Waals surface area contributed by atoms with Gasteiger partial charge in [0.2, 0.25) is 10.0 Å². The van der Waals surface area contributed by atoms with E-state index in [0.717, 1.165) is 12.3 Å².